The molecule has 2 amide bonds. The van der Waals surface area contributed by atoms with E-state index >= 15 is 0 Å². The van der Waals surface area contributed by atoms with Crippen LogP contribution in [0.15, 0.2) is 18.2 Å². The van der Waals surface area contributed by atoms with Gasteiger partial charge in [-0.05, 0) is 61.1 Å². The Labute approximate surface area is 211 Å². The molecule has 2 saturated carbocycles. The van der Waals surface area contributed by atoms with E-state index < -0.39 is 18.1 Å². The summed E-state index contributed by atoms with van der Waals surface area (Å²) in [5, 5.41) is 31.6. The average Bonchev–Trinajstić information content (AvgIpc) is 3.45. The third kappa shape index (κ3) is 4.77. The first-order valence-electron chi connectivity index (χ1n) is 12.9. The van der Waals surface area contributed by atoms with Crippen molar-refractivity contribution in [3.8, 4) is 11.5 Å². The molecule has 4 rings (SSSR count). The molecule has 1 saturated heterocycles. The van der Waals surface area contributed by atoms with Crippen LogP contribution in [0.5, 0.6) is 11.5 Å². The van der Waals surface area contributed by atoms with Crippen LogP contribution in [0.3, 0.4) is 0 Å². The van der Waals surface area contributed by atoms with E-state index in [-0.39, 0.29) is 59.7 Å². The molecule has 9 nitrogen and oxygen atoms in total. The number of rotatable bonds is 8. The summed E-state index contributed by atoms with van der Waals surface area (Å²) in [4.78, 5) is 39.7. The highest BCUT2D eigenvalue weighted by molar-refractivity contribution is 5.86. The number of hydrogen-bond donors (Lipinski definition) is 4. The number of aliphatic hydroxyl groups excluding tert-OH is 1. The normalized spacial score (nSPS) is 29.2. The number of phenolic OH excluding ortho intramolecular Hbond substituents is 2. The van der Waals surface area contributed by atoms with Crippen LogP contribution in [0.1, 0.15) is 64.9 Å². The summed E-state index contributed by atoms with van der Waals surface area (Å²) in [6, 6.07) is 3.47. The Bertz CT molecular complexity index is 1030. The maximum absolute atomic E-state index is 13.1. The van der Waals surface area contributed by atoms with Gasteiger partial charge in [0, 0.05) is 31.3 Å². The quantitative estimate of drug-likeness (QED) is 0.316. The van der Waals surface area contributed by atoms with Gasteiger partial charge in [-0.3, -0.25) is 9.59 Å². The molecule has 1 aromatic rings. The molecule has 4 N–H and O–H groups in total. The molecule has 2 bridgehead atoms. The number of ether oxygens (including phenoxy) is 1. The van der Waals surface area contributed by atoms with Crippen molar-refractivity contribution >= 4 is 17.8 Å². The Morgan fingerprint density at radius 1 is 1.17 bits per heavy atom. The summed E-state index contributed by atoms with van der Waals surface area (Å²) in [7, 11) is 0. The number of carbonyl (C=O) groups excluding carboxylic acids is 3. The van der Waals surface area contributed by atoms with Crippen LogP contribution in [0.2, 0.25) is 0 Å². The number of amides is 2. The summed E-state index contributed by atoms with van der Waals surface area (Å²) in [6.07, 6.45) is 2.88. The lowest BCUT2D eigenvalue weighted by molar-refractivity contribution is -0.164. The maximum Gasteiger partial charge on any atom is 0.329 e. The van der Waals surface area contributed by atoms with Crippen LogP contribution in [0.25, 0.3) is 0 Å². The van der Waals surface area contributed by atoms with Crippen LogP contribution in [-0.2, 0) is 25.5 Å². The molecule has 1 aromatic carbocycles. The van der Waals surface area contributed by atoms with Crippen LogP contribution in [0.4, 0.5) is 0 Å². The molecule has 5 atom stereocenters. The third-order valence-corrected chi connectivity index (χ3v) is 9.23. The number of hydrogen-bond acceptors (Lipinski definition) is 7. The zero-order valence-electron chi connectivity index (χ0n) is 21.3. The van der Waals surface area contributed by atoms with Crippen LogP contribution >= 0.6 is 0 Å². The van der Waals surface area contributed by atoms with E-state index in [1.807, 2.05) is 0 Å². The first kappa shape index (κ1) is 26.3. The predicted octanol–water partition coefficient (Wildman–Crippen LogP) is 2.26. The number of esters is 1. The van der Waals surface area contributed by atoms with E-state index in [0.29, 0.717) is 24.4 Å². The number of phenols is 2. The number of nitrogens with zero attached hydrogens (tertiary/aromatic N) is 1. The lowest BCUT2D eigenvalue weighted by atomic mass is 9.70. The van der Waals surface area contributed by atoms with Crippen molar-refractivity contribution in [3.63, 3.8) is 0 Å². The fourth-order valence-electron chi connectivity index (χ4n) is 6.40. The second kappa shape index (κ2) is 9.92. The summed E-state index contributed by atoms with van der Waals surface area (Å²) in [5.41, 5.74) is 0.578. The minimum atomic E-state index is -1.37. The first-order valence-corrected chi connectivity index (χ1v) is 12.9. The van der Waals surface area contributed by atoms with E-state index in [9.17, 15) is 29.7 Å². The number of nitrogens with one attached hydrogen (secondary N) is 1. The van der Waals surface area contributed by atoms with Gasteiger partial charge >= 0.3 is 5.97 Å². The van der Waals surface area contributed by atoms with Gasteiger partial charge in [-0.25, -0.2) is 4.79 Å². The smallest absolute Gasteiger partial charge is 0.329 e. The van der Waals surface area contributed by atoms with E-state index in [2.05, 4.69) is 26.1 Å². The van der Waals surface area contributed by atoms with E-state index in [4.69, 9.17) is 4.74 Å². The molecular weight excluding hydrogens is 464 g/mol. The SMILES string of the molecule is CC1(C)C2CCC1(C)C(OC(=O)C1CCCN1C(=O)CCNC(=O)C(O)Cc1ccc(O)c(O)c1)C2. The topological polar surface area (TPSA) is 136 Å². The van der Waals surface area contributed by atoms with Crippen LogP contribution in [-0.4, -0.2) is 69.3 Å². The highest BCUT2D eigenvalue weighted by atomic mass is 16.5. The van der Waals surface area contributed by atoms with Crippen LogP contribution in [0, 0.1) is 16.7 Å². The molecule has 3 fully saturated rings. The van der Waals surface area contributed by atoms with E-state index in [0.717, 1.165) is 19.3 Å². The standard InChI is InChI=1S/C27H38N2O7/c1-26(2)17-8-10-27(26,3)22(15-17)36-25(35)18-5-4-12-29(18)23(33)9-11-28-24(34)21(32)14-16-6-7-19(30)20(31)13-16/h6-7,13,17-18,21-22,30-32H,4-5,8-12,14-15H2,1-3H3,(H,28,34). The van der Waals surface area contributed by atoms with Crippen molar-refractivity contribution in [2.75, 3.05) is 13.1 Å². The van der Waals surface area contributed by atoms with Crippen LogP contribution < -0.4 is 5.32 Å². The van der Waals surface area contributed by atoms with E-state index in [1.165, 1.54) is 24.6 Å². The minimum Gasteiger partial charge on any atom is -0.504 e. The molecule has 1 heterocycles. The van der Waals surface area contributed by atoms with Gasteiger partial charge in [0.05, 0.1) is 0 Å². The summed E-state index contributed by atoms with van der Waals surface area (Å²) in [5.74, 6) is -1.25. The van der Waals surface area contributed by atoms with Crippen molar-refractivity contribution in [3.05, 3.63) is 23.8 Å². The Hall–Kier alpha value is -2.81. The maximum atomic E-state index is 13.1. The second-order valence-electron chi connectivity index (χ2n) is 11.4. The molecule has 9 heteroatoms. The van der Waals surface area contributed by atoms with Gasteiger partial charge in [0.2, 0.25) is 11.8 Å². The zero-order valence-corrected chi connectivity index (χ0v) is 21.3. The Kier molecular flexibility index (Phi) is 7.23. The lowest BCUT2D eigenvalue weighted by Crippen LogP contribution is -2.46. The molecule has 36 heavy (non-hydrogen) atoms. The van der Waals surface area contributed by atoms with Gasteiger partial charge in [-0.15, -0.1) is 0 Å². The first-order chi connectivity index (χ1) is 16.9. The molecule has 0 radical (unpaired) electrons. The summed E-state index contributed by atoms with van der Waals surface area (Å²) in [6.45, 7) is 7.27. The molecule has 198 valence electrons. The van der Waals surface area contributed by atoms with Gasteiger partial charge in [-0.2, -0.15) is 0 Å². The molecule has 2 aliphatic carbocycles. The largest absolute Gasteiger partial charge is 0.504 e. The third-order valence-electron chi connectivity index (χ3n) is 9.23. The van der Waals surface area contributed by atoms with Gasteiger partial charge in [0.1, 0.15) is 18.2 Å². The van der Waals surface area contributed by atoms with Crippen molar-refractivity contribution in [2.24, 2.45) is 16.7 Å². The summed E-state index contributed by atoms with van der Waals surface area (Å²) < 4.78 is 6.03. The second-order valence-corrected chi connectivity index (χ2v) is 11.4. The highest BCUT2D eigenvalue weighted by Crippen LogP contribution is 2.66. The van der Waals surface area contributed by atoms with Crippen molar-refractivity contribution in [1.29, 1.82) is 0 Å². The zero-order chi connectivity index (χ0) is 26.3. The minimum absolute atomic E-state index is 0.0124. The van der Waals surface area contributed by atoms with Crippen molar-refractivity contribution in [1.82, 2.24) is 10.2 Å². The van der Waals surface area contributed by atoms with E-state index in [1.54, 1.807) is 4.90 Å². The number of carbonyl (C=O) groups is 3. The van der Waals surface area contributed by atoms with Gasteiger partial charge in [0.25, 0.3) is 0 Å². The lowest BCUT2D eigenvalue weighted by Gasteiger charge is -2.39. The Morgan fingerprint density at radius 3 is 2.56 bits per heavy atom. The van der Waals surface area contributed by atoms with Crippen molar-refractivity contribution < 1.29 is 34.4 Å². The molecule has 0 spiro atoms. The average molecular weight is 503 g/mol. The number of aromatic hydroxyl groups is 2. The van der Waals surface area contributed by atoms with Gasteiger partial charge in [0.15, 0.2) is 11.5 Å². The molecule has 0 aromatic heterocycles. The number of fused-ring (bicyclic) bond motifs is 2. The number of benzene rings is 1. The van der Waals surface area contributed by atoms with Crippen molar-refractivity contribution in [2.45, 2.75) is 84.0 Å². The highest BCUT2D eigenvalue weighted by Gasteiger charge is 2.63. The Morgan fingerprint density at radius 2 is 1.92 bits per heavy atom. The van der Waals surface area contributed by atoms with Gasteiger partial charge < -0.3 is 30.3 Å². The monoisotopic (exact) mass is 502 g/mol. The molecule has 5 unspecified atom stereocenters. The molecular formula is C27H38N2O7. The fourth-order valence-corrected chi connectivity index (χ4v) is 6.40. The molecule has 3 aliphatic rings. The predicted molar refractivity (Wildman–Crippen MR) is 131 cm³/mol. The number of likely N-dealkylation sites (tertiary alicyclic amines) is 1. The summed E-state index contributed by atoms with van der Waals surface area (Å²) >= 11 is 0. The molecule has 1 aliphatic heterocycles. The Balaban J connectivity index is 1.24. The number of aliphatic hydroxyl groups is 1. The van der Waals surface area contributed by atoms with Gasteiger partial charge in [-0.1, -0.05) is 26.8 Å². The fraction of sp³-hybridized carbons (Fsp3) is 0.667.